The summed E-state index contributed by atoms with van der Waals surface area (Å²) in [4.78, 5) is 0. The Morgan fingerprint density at radius 1 is 1.38 bits per heavy atom. The first-order valence-corrected chi connectivity index (χ1v) is 7.19. The van der Waals surface area contributed by atoms with Crippen molar-refractivity contribution in [1.82, 2.24) is 5.32 Å². The van der Waals surface area contributed by atoms with Crippen molar-refractivity contribution in [3.8, 4) is 0 Å². The highest BCUT2D eigenvalue weighted by molar-refractivity contribution is 5.14. The molecular weight excluding hydrogens is 198 g/mol. The normalized spacial score (nSPS) is 45.6. The van der Waals surface area contributed by atoms with Crippen molar-refractivity contribution in [2.45, 2.75) is 70.1 Å². The highest BCUT2D eigenvalue weighted by atomic mass is 16.5. The van der Waals surface area contributed by atoms with Gasteiger partial charge >= 0.3 is 0 Å². The van der Waals surface area contributed by atoms with Crippen molar-refractivity contribution in [2.75, 3.05) is 6.61 Å². The number of hydrogen-bond donors (Lipinski definition) is 1. The lowest BCUT2D eigenvalue weighted by atomic mass is 9.56. The first-order chi connectivity index (χ1) is 7.79. The van der Waals surface area contributed by atoms with Crippen molar-refractivity contribution in [3.05, 3.63) is 0 Å². The molecule has 2 aliphatic carbocycles. The predicted molar refractivity (Wildman–Crippen MR) is 65.4 cm³/mol. The fraction of sp³-hybridized carbons (Fsp3) is 1.00. The lowest BCUT2D eigenvalue weighted by molar-refractivity contribution is -0.0944. The van der Waals surface area contributed by atoms with Crippen LogP contribution in [0.2, 0.25) is 0 Å². The summed E-state index contributed by atoms with van der Waals surface area (Å²) in [5.41, 5.74) is 0.326. The zero-order valence-electron chi connectivity index (χ0n) is 10.7. The predicted octanol–water partition coefficient (Wildman–Crippen LogP) is 2.72. The molecule has 92 valence electrons. The molecule has 4 aliphatic rings. The van der Waals surface area contributed by atoms with Gasteiger partial charge in [-0.15, -0.1) is 0 Å². The topological polar surface area (TPSA) is 21.3 Å². The van der Waals surface area contributed by atoms with E-state index in [9.17, 15) is 0 Å². The molecular formula is C14H25NO. The summed E-state index contributed by atoms with van der Waals surface area (Å²) in [6.07, 6.45) is 7.95. The summed E-state index contributed by atoms with van der Waals surface area (Å²) < 4.78 is 6.06. The van der Waals surface area contributed by atoms with E-state index in [-0.39, 0.29) is 0 Å². The molecule has 0 aromatic carbocycles. The molecule has 4 atom stereocenters. The molecule has 1 spiro atoms. The second-order valence-electron chi connectivity index (χ2n) is 6.04. The SMILES string of the molecule is CCC(CC)NC1CCCC23CC(CO2)C13. The van der Waals surface area contributed by atoms with Gasteiger partial charge in [0, 0.05) is 18.0 Å². The maximum Gasteiger partial charge on any atom is 0.0732 e. The summed E-state index contributed by atoms with van der Waals surface area (Å²) in [5, 5.41) is 3.90. The monoisotopic (exact) mass is 223 g/mol. The Bertz CT molecular complexity index is 259. The largest absolute Gasteiger partial charge is 0.374 e. The van der Waals surface area contributed by atoms with E-state index in [0.29, 0.717) is 5.60 Å². The third kappa shape index (κ3) is 1.46. The number of fused-ring (bicyclic) bond motifs is 1. The summed E-state index contributed by atoms with van der Waals surface area (Å²) in [7, 11) is 0. The molecule has 0 aromatic heterocycles. The molecule has 4 unspecified atom stereocenters. The average molecular weight is 223 g/mol. The molecule has 2 nitrogen and oxygen atoms in total. The van der Waals surface area contributed by atoms with E-state index in [1.54, 1.807) is 0 Å². The van der Waals surface area contributed by atoms with Crippen molar-refractivity contribution in [2.24, 2.45) is 11.8 Å². The van der Waals surface area contributed by atoms with Crippen LogP contribution in [-0.2, 0) is 4.74 Å². The third-order valence-corrected chi connectivity index (χ3v) is 5.29. The molecule has 0 radical (unpaired) electrons. The highest BCUT2D eigenvalue weighted by Crippen LogP contribution is 2.60. The molecule has 2 heteroatoms. The zero-order chi connectivity index (χ0) is 11.2. The first kappa shape index (κ1) is 11.0. The Morgan fingerprint density at radius 3 is 2.88 bits per heavy atom. The summed E-state index contributed by atoms with van der Waals surface area (Å²) in [6, 6.07) is 1.47. The van der Waals surface area contributed by atoms with Crippen molar-refractivity contribution >= 4 is 0 Å². The van der Waals surface area contributed by atoms with Crippen LogP contribution in [0.25, 0.3) is 0 Å². The minimum Gasteiger partial charge on any atom is -0.374 e. The van der Waals surface area contributed by atoms with Gasteiger partial charge in [-0.25, -0.2) is 0 Å². The lowest BCUT2D eigenvalue weighted by Gasteiger charge is -2.53. The summed E-state index contributed by atoms with van der Waals surface area (Å²) in [6.45, 7) is 5.64. The van der Waals surface area contributed by atoms with Gasteiger partial charge in [0.2, 0.25) is 0 Å². The molecule has 2 heterocycles. The minimum atomic E-state index is 0.326. The van der Waals surface area contributed by atoms with Crippen LogP contribution < -0.4 is 5.32 Å². The third-order valence-electron chi connectivity index (χ3n) is 5.29. The van der Waals surface area contributed by atoms with Gasteiger partial charge in [-0.3, -0.25) is 0 Å². The van der Waals surface area contributed by atoms with Crippen LogP contribution in [0.5, 0.6) is 0 Å². The quantitative estimate of drug-likeness (QED) is 0.791. The fourth-order valence-corrected chi connectivity index (χ4v) is 4.42. The molecule has 16 heavy (non-hydrogen) atoms. The van der Waals surface area contributed by atoms with E-state index in [2.05, 4.69) is 19.2 Å². The molecule has 2 saturated carbocycles. The van der Waals surface area contributed by atoms with Gasteiger partial charge in [0.25, 0.3) is 0 Å². The number of hydrogen-bond acceptors (Lipinski definition) is 2. The zero-order valence-corrected chi connectivity index (χ0v) is 10.7. The number of rotatable bonds is 4. The fourth-order valence-electron chi connectivity index (χ4n) is 4.42. The number of nitrogens with one attached hydrogen (secondary N) is 1. The Morgan fingerprint density at radius 2 is 2.19 bits per heavy atom. The molecule has 2 saturated heterocycles. The molecule has 1 N–H and O–H groups in total. The smallest absolute Gasteiger partial charge is 0.0732 e. The molecule has 2 bridgehead atoms. The molecule has 4 fully saturated rings. The van der Waals surface area contributed by atoms with E-state index in [4.69, 9.17) is 4.74 Å². The summed E-state index contributed by atoms with van der Waals surface area (Å²) in [5.74, 6) is 1.73. The Labute approximate surface area is 99.1 Å². The van der Waals surface area contributed by atoms with Gasteiger partial charge < -0.3 is 10.1 Å². The Hall–Kier alpha value is -0.0800. The van der Waals surface area contributed by atoms with Gasteiger partial charge in [-0.05, 0) is 44.4 Å². The molecule has 2 aliphatic heterocycles. The Kier molecular flexibility index (Phi) is 2.75. The van der Waals surface area contributed by atoms with Gasteiger partial charge in [0.05, 0.1) is 12.2 Å². The first-order valence-electron chi connectivity index (χ1n) is 7.19. The van der Waals surface area contributed by atoms with Crippen LogP contribution in [0.15, 0.2) is 0 Å². The maximum absolute atomic E-state index is 6.06. The average Bonchev–Trinajstić information content (AvgIpc) is 2.84. The minimum absolute atomic E-state index is 0.326. The van der Waals surface area contributed by atoms with Crippen LogP contribution in [0.3, 0.4) is 0 Å². The van der Waals surface area contributed by atoms with Gasteiger partial charge in [0.15, 0.2) is 0 Å². The lowest BCUT2D eigenvalue weighted by Crippen LogP contribution is -2.61. The van der Waals surface area contributed by atoms with E-state index in [1.165, 1.54) is 38.5 Å². The maximum atomic E-state index is 6.06. The van der Waals surface area contributed by atoms with Gasteiger partial charge in [-0.2, -0.15) is 0 Å². The van der Waals surface area contributed by atoms with E-state index in [0.717, 1.165) is 30.5 Å². The molecule has 4 rings (SSSR count). The highest BCUT2D eigenvalue weighted by Gasteiger charge is 2.63. The standard InChI is InChI=1S/C14H25NO/c1-3-11(4-2)15-12-6-5-7-14-8-10(9-16-14)13(12)14/h10-13,15H,3-9H2,1-2H3. The van der Waals surface area contributed by atoms with Gasteiger partial charge in [-0.1, -0.05) is 13.8 Å². The number of ether oxygens (including phenoxy) is 1. The van der Waals surface area contributed by atoms with Crippen LogP contribution in [0.1, 0.15) is 52.4 Å². The van der Waals surface area contributed by atoms with Crippen molar-refractivity contribution in [3.63, 3.8) is 0 Å². The van der Waals surface area contributed by atoms with Gasteiger partial charge in [0.1, 0.15) is 0 Å². The van der Waals surface area contributed by atoms with Crippen LogP contribution in [0.4, 0.5) is 0 Å². The summed E-state index contributed by atoms with van der Waals surface area (Å²) >= 11 is 0. The molecule has 0 amide bonds. The van der Waals surface area contributed by atoms with Crippen LogP contribution >= 0.6 is 0 Å². The van der Waals surface area contributed by atoms with Crippen molar-refractivity contribution in [1.29, 1.82) is 0 Å². The van der Waals surface area contributed by atoms with E-state index >= 15 is 0 Å². The molecule has 0 aromatic rings. The van der Waals surface area contributed by atoms with Crippen LogP contribution in [0, 0.1) is 11.8 Å². The second-order valence-corrected chi connectivity index (χ2v) is 6.04. The van der Waals surface area contributed by atoms with E-state index in [1.807, 2.05) is 0 Å². The van der Waals surface area contributed by atoms with E-state index < -0.39 is 0 Å². The second kappa shape index (κ2) is 3.99. The van der Waals surface area contributed by atoms with Crippen molar-refractivity contribution < 1.29 is 4.74 Å². The Balaban J connectivity index is 1.67. The van der Waals surface area contributed by atoms with Crippen LogP contribution in [-0.4, -0.2) is 24.3 Å².